The Morgan fingerprint density at radius 1 is 1.39 bits per heavy atom. The third-order valence-corrected chi connectivity index (χ3v) is 3.64. The van der Waals surface area contributed by atoms with E-state index in [2.05, 4.69) is 40.1 Å². The van der Waals surface area contributed by atoms with E-state index in [0.717, 1.165) is 21.8 Å². The molecule has 0 atom stereocenters. The van der Waals surface area contributed by atoms with Crippen LogP contribution in [0.1, 0.15) is 19.5 Å². The van der Waals surface area contributed by atoms with Crippen molar-refractivity contribution >= 4 is 33.5 Å². The van der Waals surface area contributed by atoms with Gasteiger partial charge in [0.2, 0.25) is 5.95 Å². The molecule has 18 heavy (non-hydrogen) atoms. The van der Waals surface area contributed by atoms with Gasteiger partial charge in [0.25, 0.3) is 0 Å². The summed E-state index contributed by atoms with van der Waals surface area (Å²) in [6.45, 7) is 6.16. The van der Waals surface area contributed by atoms with E-state index in [0.29, 0.717) is 11.1 Å². The van der Waals surface area contributed by atoms with Crippen LogP contribution in [0.15, 0.2) is 28.9 Å². The predicted molar refractivity (Wildman–Crippen MR) is 79.8 cm³/mol. The quantitative estimate of drug-likeness (QED) is 0.904. The number of aryl methyl sites for hydroxylation is 1. The summed E-state index contributed by atoms with van der Waals surface area (Å²) in [6, 6.07) is 6.16. The largest absolute Gasteiger partial charge is 0.353 e. The second kappa shape index (κ2) is 5.33. The van der Waals surface area contributed by atoms with Crippen LogP contribution in [0.3, 0.4) is 0 Å². The van der Waals surface area contributed by atoms with Gasteiger partial charge in [0.05, 0.1) is 10.7 Å². The number of hydrogen-bond acceptors (Lipinski definition) is 2. The summed E-state index contributed by atoms with van der Waals surface area (Å²) >= 11 is 9.45. The number of halogens is 2. The highest BCUT2D eigenvalue weighted by Gasteiger charge is 2.09. The fourth-order valence-corrected chi connectivity index (χ4v) is 2.17. The number of nitrogens with one attached hydrogen (secondary N) is 1. The topological polar surface area (TPSA) is 29.9 Å². The highest BCUT2D eigenvalue weighted by atomic mass is 79.9. The Labute approximate surface area is 120 Å². The molecular formula is C13H15BrClN3. The maximum absolute atomic E-state index is 6.01. The van der Waals surface area contributed by atoms with Crippen LogP contribution in [0.4, 0.5) is 5.95 Å². The van der Waals surface area contributed by atoms with E-state index in [1.54, 1.807) is 0 Å². The van der Waals surface area contributed by atoms with E-state index in [1.807, 2.05) is 35.9 Å². The maximum Gasteiger partial charge on any atom is 0.207 e. The second-order valence-electron chi connectivity index (χ2n) is 4.47. The smallest absolute Gasteiger partial charge is 0.207 e. The van der Waals surface area contributed by atoms with Crippen LogP contribution in [0.25, 0.3) is 5.69 Å². The Kier molecular flexibility index (Phi) is 3.97. The molecule has 0 spiro atoms. The SMILES string of the molecule is Cc1cn(-c2ccc(Cl)c(Br)c2)c(NC(C)C)n1. The Balaban J connectivity index is 2.45. The molecule has 5 heteroatoms. The van der Waals surface area contributed by atoms with Gasteiger partial charge in [0.1, 0.15) is 0 Å². The first-order chi connectivity index (χ1) is 8.47. The van der Waals surface area contributed by atoms with Crippen molar-refractivity contribution < 1.29 is 0 Å². The van der Waals surface area contributed by atoms with Gasteiger partial charge in [-0.15, -0.1) is 0 Å². The molecule has 1 heterocycles. The molecule has 1 aromatic carbocycles. The molecule has 1 N–H and O–H groups in total. The number of benzene rings is 1. The summed E-state index contributed by atoms with van der Waals surface area (Å²) in [5.41, 5.74) is 2.00. The fraction of sp³-hybridized carbons (Fsp3) is 0.308. The number of imidazole rings is 1. The fourth-order valence-electron chi connectivity index (χ4n) is 1.69. The number of rotatable bonds is 3. The first-order valence-corrected chi connectivity index (χ1v) is 6.92. The second-order valence-corrected chi connectivity index (χ2v) is 5.73. The highest BCUT2D eigenvalue weighted by molar-refractivity contribution is 9.10. The molecule has 0 radical (unpaired) electrons. The molecule has 0 amide bonds. The van der Waals surface area contributed by atoms with Crippen molar-refractivity contribution in [2.75, 3.05) is 5.32 Å². The van der Waals surface area contributed by atoms with E-state index in [4.69, 9.17) is 11.6 Å². The lowest BCUT2D eigenvalue weighted by Crippen LogP contribution is -2.13. The minimum absolute atomic E-state index is 0.335. The minimum Gasteiger partial charge on any atom is -0.353 e. The number of anilines is 1. The van der Waals surface area contributed by atoms with Crippen LogP contribution < -0.4 is 5.32 Å². The molecule has 2 aromatic rings. The lowest BCUT2D eigenvalue weighted by Gasteiger charge is -2.12. The monoisotopic (exact) mass is 327 g/mol. The zero-order chi connectivity index (χ0) is 13.3. The lowest BCUT2D eigenvalue weighted by molar-refractivity contribution is 0.863. The van der Waals surface area contributed by atoms with Gasteiger partial charge in [0, 0.05) is 22.4 Å². The number of hydrogen-bond donors (Lipinski definition) is 1. The van der Waals surface area contributed by atoms with E-state index in [1.165, 1.54) is 0 Å². The number of nitrogens with zero attached hydrogens (tertiary/aromatic N) is 2. The Morgan fingerprint density at radius 3 is 2.72 bits per heavy atom. The van der Waals surface area contributed by atoms with Gasteiger partial charge in [0.15, 0.2) is 0 Å². The molecule has 0 saturated carbocycles. The Morgan fingerprint density at radius 2 is 2.11 bits per heavy atom. The third kappa shape index (κ3) is 2.87. The average Bonchev–Trinajstić information content (AvgIpc) is 2.62. The summed E-state index contributed by atoms with van der Waals surface area (Å²) in [5.74, 6) is 0.844. The molecule has 0 unspecified atom stereocenters. The molecule has 0 aliphatic rings. The normalized spacial score (nSPS) is 11.0. The zero-order valence-corrected chi connectivity index (χ0v) is 12.9. The molecule has 3 nitrogen and oxygen atoms in total. The van der Waals surface area contributed by atoms with Crippen molar-refractivity contribution in [3.8, 4) is 5.69 Å². The van der Waals surface area contributed by atoms with Gasteiger partial charge in [-0.2, -0.15) is 0 Å². The van der Waals surface area contributed by atoms with Crippen molar-refractivity contribution in [1.29, 1.82) is 0 Å². The predicted octanol–water partition coefficient (Wildman–Crippen LogP) is 4.42. The highest BCUT2D eigenvalue weighted by Crippen LogP contribution is 2.26. The maximum atomic E-state index is 6.01. The molecule has 0 aliphatic carbocycles. The Bertz CT molecular complexity index is 563. The molecule has 2 rings (SSSR count). The van der Waals surface area contributed by atoms with Gasteiger partial charge in [-0.05, 0) is 54.9 Å². The van der Waals surface area contributed by atoms with Crippen LogP contribution >= 0.6 is 27.5 Å². The summed E-state index contributed by atoms with van der Waals surface area (Å²) in [4.78, 5) is 4.48. The number of aromatic nitrogens is 2. The van der Waals surface area contributed by atoms with Gasteiger partial charge in [-0.3, -0.25) is 4.57 Å². The standard InChI is InChI=1S/C13H15BrClN3/c1-8(2)16-13-17-9(3)7-18(13)10-4-5-12(15)11(14)6-10/h4-8H,1-3H3,(H,16,17). The molecule has 1 aromatic heterocycles. The zero-order valence-electron chi connectivity index (χ0n) is 10.5. The van der Waals surface area contributed by atoms with Crippen LogP contribution in [0, 0.1) is 6.92 Å². The van der Waals surface area contributed by atoms with Crippen LogP contribution in [0.2, 0.25) is 5.02 Å². The molecule has 0 bridgehead atoms. The van der Waals surface area contributed by atoms with E-state index in [9.17, 15) is 0 Å². The molecule has 0 saturated heterocycles. The average molecular weight is 329 g/mol. The summed E-state index contributed by atoms with van der Waals surface area (Å²) in [7, 11) is 0. The molecule has 96 valence electrons. The molecular weight excluding hydrogens is 314 g/mol. The van der Waals surface area contributed by atoms with E-state index < -0.39 is 0 Å². The van der Waals surface area contributed by atoms with Crippen molar-refractivity contribution in [1.82, 2.24) is 9.55 Å². The Hall–Kier alpha value is -1.00. The van der Waals surface area contributed by atoms with Gasteiger partial charge in [-0.25, -0.2) is 4.98 Å². The van der Waals surface area contributed by atoms with Gasteiger partial charge >= 0.3 is 0 Å². The van der Waals surface area contributed by atoms with Crippen LogP contribution in [-0.2, 0) is 0 Å². The molecule has 0 fully saturated rings. The van der Waals surface area contributed by atoms with Gasteiger partial charge < -0.3 is 5.32 Å². The summed E-state index contributed by atoms with van der Waals surface area (Å²) in [5, 5.41) is 4.03. The minimum atomic E-state index is 0.335. The van der Waals surface area contributed by atoms with Crippen molar-refractivity contribution in [3.05, 3.63) is 39.6 Å². The summed E-state index contributed by atoms with van der Waals surface area (Å²) in [6.07, 6.45) is 2.00. The van der Waals surface area contributed by atoms with Crippen molar-refractivity contribution in [2.45, 2.75) is 26.8 Å². The summed E-state index contributed by atoms with van der Waals surface area (Å²) < 4.78 is 2.90. The lowest BCUT2D eigenvalue weighted by atomic mass is 10.3. The van der Waals surface area contributed by atoms with Crippen molar-refractivity contribution in [2.24, 2.45) is 0 Å². The van der Waals surface area contributed by atoms with Crippen LogP contribution in [-0.4, -0.2) is 15.6 Å². The van der Waals surface area contributed by atoms with E-state index >= 15 is 0 Å². The van der Waals surface area contributed by atoms with Crippen LogP contribution in [0.5, 0.6) is 0 Å². The third-order valence-electron chi connectivity index (χ3n) is 2.43. The van der Waals surface area contributed by atoms with Gasteiger partial charge in [-0.1, -0.05) is 11.6 Å². The van der Waals surface area contributed by atoms with E-state index in [-0.39, 0.29) is 0 Å². The molecule has 0 aliphatic heterocycles. The first-order valence-electron chi connectivity index (χ1n) is 5.75. The first kappa shape index (κ1) is 13.4. The van der Waals surface area contributed by atoms with Crippen molar-refractivity contribution in [3.63, 3.8) is 0 Å².